The summed E-state index contributed by atoms with van der Waals surface area (Å²) < 4.78 is 5.26. The third kappa shape index (κ3) is 5.55. The molecular weight excluding hydrogens is 360 g/mol. The lowest BCUT2D eigenvalue weighted by Gasteiger charge is -2.33. The molecule has 28 heavy (non-hydrogen) atoms. The second kappa shape index (κ2) is 9.68. The Morgan fingerprint density at radius 1 is 1.18 bits per heavy atom. The minimum Gasteiger partial charge on any atom is -0.481 e. The van der Waals surface area contributed by atoms with Crippen molar-refractivity contribution in [3.8, 4) is 0 Å². The molecule has 1 aromatic carbocycles. The number of carboxylic acids is 1. The van der Waals surface area contributed by atoms with E-state index in [9.17, 15) is 19.5 Å². The number of carboxylic acid groups (broad SMARTS) is 1. The van der Waals surface area contributed by atoms with E-state index in [0.717, 1.165) is 5.56 Å². The van der Waals surface area contributed by atoms with E-state index in [1.807, 2.05) is 32.9 Å². The van der Waals surface area contributed by atoms with E-state index >= 15 is 0 Å². The van der Waals surface area contributed by atoms with E-state index < -0.39 is 17.4 Å². The van der Waals surface area contributed by atoms with E-state index in [-0.39, 0.29) is 24.3 Å². The smallest absolute Gasteiger partial charge is 0.311 e. The number of carbonyl (C=O) groups excluding carboxylic acids is 2. The summed E-state index contributed by atoms with van der Waals surface area (Å²) in [6, 6.07) is 6.47. The first-order valence-electron chi connectivity index (χ1n) is 9.70. The minimum absolute atomic E-state index is 0.0271. The molecule has 2 rings (SSSR count). The van der Waals surface area contributed by atoms with Gasteiger partial charge in [0.1, 0.15) is 6.04 Å². The maximum atomic E-state index is 12.8. The first-order chi connectivity index (χ1) is 13.2. The molecule has 7 heteroatoms. The van der Waals surface area contributed by atoms with Crippen LogP contribution in [-0.2, 0) is 14.3 Å². The molecule has 0 radical (unpaired) electrons. The number of aliphatic carboxylic acids is 1. The molecule has 1 atom stereocenters. The zero-order chi connectivity index (χ0) is 20.7. The topological polar surface area (TPSA) is 105 Å². The summed E-state index contributed by atoms with van der Waals surface area (Å²) in [4.78, 5) is 37.2. The van der Waals surface area contributed by atoms with Crippen LogP contribution in [-0.4, -0.2) is 48.7 Å². The van der Waals surface area contributed by atoms with Crippen molar-refractivity contribution >= 4 is 17.8 Å². The minimum atomic E-state index is -1.02. The van der Waals surface area contributed by atoms with Gasteiger partial charge in [-0.15, -0.1) is 0 Å². The molecule has 2 amide bonds. The molecule has 0 bridgehead atoms. The normalized spacial score (nSPS) is 17.0. The first-order valence-corrected chi connectivity index (χ1v) is 9.70. The van der Waals surface area contributed by atoms with E-state index in [0.29, 0.717) is 38.0 Å². The Balaban J connectivity index is 2.07. The summed E-state index contributed by atoms with van der Waals surface area (Å²) in [6.07, 6.45) is 1.17. The number of hydrogen-bond donors (Lipinski definition) is 3. The number of ether oxygens (including phenoxy) is 1. The van der Waals surface area contributed by atoms with Gasteiger partial charge in [0.25, 0.3) is 5.91 Å². The Morgan fingerprint density at radius 3 is 2.39 bits per heavy atom. The number of nitrogens with one attached hydrogen (secondary N) is 2. The van der Waals surface area contributed by atoms with Gasteiger partial charge < -0.3 is 20.5 Å². The highest BCUT2D eigenvalue weighted by Gasteiger charge is 2.41. The van der Waals surface area contributed by atoms with Gasteiger partial charge in [0.15, 0.2) is 0 Å². The van der Waals surface area contributed by atoms with E-state index in [4.69, 9.17) is 4.74 Å². The van der Waals surface area contributed by atoms with Gasteiger partial charge in [-0.1, -0.05) is 32.0 Å². The number of aryl methyl sites for hydroxylation is 1. The lowest BCUT2D eigenvalue weighted by atomic mass is 9.80. The highest BCUT2D eigenvalue weighted by atomic mass is 16.5. The zero-order valence-corrected chi connectivity index (χ0v) is 16.8. The molecule has 0 spiro atoms. The third-order valence-corrected chi connectivity index (χ3v) is 5.22. The average molecular weight is 390 g/mol. The summed E-state index contributed by atoms with van der Waals surface area (Å²) in [5.74, 6) is -1.41. The fraction of sp³-hybridized carbons (Fsp3) is 0.571. The van der Waals surface area contributed by atoms with Crippen LogP contribution in [0.5, 0.6) is 0 Å². The van der Waals surface area contributed by atoms with Gasteiger partial charge in [0.2, 0.25) is 5.91 Å². The SMILES string of the molecule is Cc1ccccc1C(=O)NC(CC(C)C)C(=O)NCC1(C(=O)O)CCOCC1. The van der Waals surface area contributed by atoms with E-state index in [1.54, 1.807) is 12.1 Å². The van der Waals surface area contributed by atoms with E-state index in [1.165, 1.54) is 0 Å². The Kier molecular flexibility index (Phi) is 7.57. The van der Waals surface area contributed by atoms with Crippen LogP contribution in [0.1, 0.15) is 49.0 Å². The summed E-state index contributed by atoms with van der Waals surface area (Å²) in [6.45, 7) is 6.53. The average Bonchev–Trinajstić information content (AvgIpc) is 2.66. The van der Waals surface area contributed by atoms with Crippen molar-refractivity contribution in [2.24, 2.45) is 11.3 Å². The van der Waals surface area contributed by atoms with Crippen LogP contribution in [0.2, 0.25) is 0 Å². The fourth-order valence-corrected chi connectivity index (χ4v) is 3.37. The van der Waals surface area contributed by atoms with E-state index in [2.05, 4.69) is 10.6 Å². The van der Waals surface area contributed by atoms with Crippen LogP contribution < -0.4 is 10.6 Å². The second-order valence-corrected chi connectivity index (χ2v) is 7.89. The Hall–Kier alpha value is -2.41. The number of carbonyl (C=O) groups is 3. The largest absolute Gasteiger partial charge is 0.481 e. The van der Waals surface area contributed by atoms with Crippen molar-refractivity contribution in [3.05, 3.63) is 35.4 Å². The van der Waals surface area contributed by atoms with Crippen molar-refractivity contribution in [1.82, 2.24) is 10.6 Å². The number of benzene rings is 1. The standard InChI is InChI=1S/C21H30N2O5/c1-14(2)12-17(23-18(24)16-7-5-4-6-15(16)3)19(25)22-13-21(20(26)27)8-10-28-11-9-21/h4-7,14,17H,8-13H2,1-3H3,(H,22,25)(H,23,24)(H,26,27). The highest BCUT2D eigenvalue weighted by Crippen LogP contribution is 2.30. The molecule has 1 aliphatic rings. The Morgan fingerprint density at radius 2 is 1.82 bits per heavy atom. The molecule has 1 aromatic rings. The quantitative estimate of drug-likeness (QED) is 0.631. The van der Waals surface area contributed by atoms with Crippen molar-refractivity contribution in [2.45, 2.75) is 46.1 Å². The van der Waals surface area contributed by atoms with Gasteiger partial charge in [0, 0.05) is 25.3 Å². The lowest BCUT2D eigenvalue weighted by Crippen LogP contribution is -2.52. The zero-order valence-electron chi connectivity index (χ0n) is 16.8. The molecule has 1 fully saturated rings. The van der Waals surface area contributed by atoms with Crippen molar-refractivity contribution in [2.75, 3.05) is 19.8 Å². The maximum absolute atomic E-state index is 12.8. The highest BCUT2D eigenvalue weighted by molar-refractivity contribution is 5.98. The van der Waals surface area contributed by atoms with Gasteiger partial charge >= 0.3 is 5.97 Å². The summed E-state index contributed by atoms with van der Waals surface area (Å²) in [5.41, 5.74) is 0.335. The molecule has 0 aliphatic carbocycles. The van der Waals surface area contributed by atoms with Crippen LogP contribution >= 0.6 is 0 Å². The fourth-order valence-electron chi connectivity index (χ4n) is 3.37. The van der Waals surface area contributed by atoms with Crippen LogP contribution in [0.3, 0.4) is 0 Å². The molecule has 3 N–H and O–H groups in total. The predicted molar refractivity (Wildman–Crippen MR) is 105 cm³/mol. The molecule has 7 nitrogen and oxygen atoms in total. The maximum Gasteiger partial charge on any atom is 0.311 e. The molecule has 1 unspecified atom stereocenters. The Labute approximate surface area is 165 Å². The molecular formula is C21H30N2O5. The van der Waals surface area contributed by atoms with Gasteiger partial charge in [0.05, 0.1) is 5.41 Å². The molecule has 1 aliphatic heterocycles. The summed E-state index contributed by atoms with van der Waals surface area (Å²) in [7, 11) is 0. The van der Waals surface area contributed by atoms with Crippen LogP contribution in [0.15, 0.2) is 24.3 Å². The van der Waals surface area contributed by atoms with Crippen LogP contribution in [0.25, 0.3) is 0 Å². The number of rotatable bonds is 8. The summed E-state index contributed by atoms with van der Waals surface area (Å²) >= 11 is 0. The van der Waals surface area contributed by atoms with Gasteiger partial charge in [-0.3, -0.25) is 14.4 Å². The number of hydrogen-bond acceptors (Lipinski definition) is 4. The predicted octanol–water partition coefficient (Wildman–Crippen LogP) is 2.14. The van der Waals surface area contributed by atoms with Crippen molar-refractivity contribution < 1.29 is 24.2 Å². The van der Waals surface area contributed by atoms with Gasteiger partial charge in [-0.05, 0) is 43.7 Å². The van der Waals surface area contributed by atoms with Gasteiger partial charge in [-0.25, -0.2) is 0 Å². The molecule has 154 valence electrons. The first kappa shape index (κ1) is 21.9. The molecule has 1 heterocycles. The van der Waals surface area contributed by atoms with Crippen LogP contribution in [0, 0.1) is 18.3 Å². The summed E-state index contributed by atoms with van der Waals surface area (Å²) in [5, 5.41) is 15.2. The molecule has 0 saturated carbocycles. The van der Waals surface area contributed by atoms with Gasteiger partial charge in [-0.2, -0.15) is 0 Å². The van der Waals surface area contributed by atoms with Crippen molar-refractivity contribution in [3.63, 3.8) is 0 Å². The molecule has 0 aromatic heterocycles. The Bertz CT molecular complexity index is 711. The second-order valence-electron chi connectivity index (χ2n) is 7.89. The van der Waals surface area contributed by atoms with Crippen molar-refractivity contribution in [1.29, 1.82) is 0 Å². The molecule has 1 saturated heterocycles. The monoisotopic (exact) mass is 390 g/mol. The lowest BCUT2D eigenvalue weighted by molar-refractivity contribution is -0.154. The van der Waals surface area contributed by atoms with Crippen LogP contribution in [0.4, 0.5) is 0 Å². The number of amides is 2. The third-order valence-electron chi connectivity index (χ3n) is 5.22.